The maximum Gasteiger partial charge on any atom is 0.00955 e. The van der Waals surface area contributed by atoms with Gasteiger partial charge in [0.15, 0.2) is 0 Å². The molecular formula is C15H29N. The fourth-order valence-corrected chi connectivity index (χ4v) is 4.04. The molecule has 2 saturated carbocycles. The normalized spacial score (nSPS) is 36.8. The molecule has 94 valence electrons. The summed E-state index contributed by atoms with van der Waals surface area (Å²) in [4.78, 5) is 0. The molecule has 0 aromatic carbocycles. The molecule has 3 atom stereocenters. The van der Waals surface area contributed by atoms with Crippen molar-refractivity contribution in [3.8, 4) is 0 Å². The van der Waals surface area contributed by atoms with Gasteiger partial charge in [0.05, 0.1) is 0 Å². The lowest BCUT2D eigenvalue weighted by molar-refractivity contribution is 0.200. The van der Waals surface area contributed by atoms with E-state index in [0.29, 0.717) is 0 Å². The van der Waals surface area contributed by atoms with Crippen LogP contribution in [-0.2, 0) is 0 Å². The van der Waals surface area contributed by atoms with E-state index in [1.807, 2.05) is 0 Å². The van der Waals surface area contributed by atoms with Gasteiger partial charge in [-0.2, -0.15) is 0 Å². The summed E-state index contributed by atoms with van der Waals surface area (Å²) >= 11 is 0. The number of hydrogen-bond acceptors (Lipinski definition) is 1. The summed E-state index contributed by atoms with van der Waals surface area (Å²) in [6.45, 7) is 5.98. The molecule has 2 rings (SSSR count). The SMILES string of the molecule is CCCNC1CCC(C2CCCCC2)C1C. The third-order valence-electron chi connectivity index (χ3n) is 5.03. The van der Waals surface area contributed by atoms with Gasteiger partial charge in [0.2, 0.25) is 0 Å². The van der Waals surface area contributed by atoms with Crippen LogP contribution in [0.15, 0.2) is 0 Å². The summed E-state index contributed by atoms with van der Waals surface area (Å²) in [7, 11) is 0. The van der Waals surface area contributed by atoms with E-state index in [1.165, 1.54) is 57.9 Å². The first-order chi connectivity index (χ1) is 7.83. The molecule has 2 aliphatic rings. The number of nitrogens with one attached hydrogen (secondary N) is 1. The third-order valence-corrected chi connectivity index (χ3v) is 5.03. The fraction of sp³-hybridized carbons (Fsp3) is 1.00. The van der Waals surface area contributed by atoms with E-state index in [2.05, 4.69) is 19.2 Å². The number of hydrogen-bond donors (Lipinski definition) is 1. The van der Waals surface area contributed by atoms with Gasteiger partial charge in [0, 0.05) is 6.04 Å². The Morgan fingerprint density at radius 3 is 2.44 bits per heavy atom. The molecule has 0 aromatic heterocycles. The molecule has 1 N–H and O–H groups in total. The van der Waals surface area contributed by atoms with Crippen molar-refractivity contribution in [1.82, 2.24) is 5.32 Å². The first-order valence-electron chi connectivity index (χ1n) is 7.56. The minimum Gasteiger partial charge on any atom is -0.314 e. The Bertz CT molecular complexity index is 196. The summed E-state index contributed by atoms with van der Waals surface area (Å²) < 4.78 is 0. The van der Waals surface area contributed by atoms with Crippen molar-refractivity contribution in [1.29, 1.82) is 0 Å². The Kier molecular flexibility index (Phi) is 4.69. The van der Waals surface area contributed by atoms with Gasteiger partial charge in [0.1, 0.15) is 0 Å². The van der Waals surface area contributed by atoms with E-state index in [4.69, 9.17) is 0 Å². The topological polar surface area (TPSA) is 12.0 Å². The van der Waals surface area contributed by atoms with Crippen molar-refractivity contribution in [2.75, 3.05) is 6.54 Å². The highest BCUT2D eigenvalue weighted by Gasteiger charge is 2.37. The zero-order valence-corrected chi connectivity index (χ0v) is 11.2. The molecule has 0 spiro atoms. The van der Waals surface area contributed by atoms with Crippen LogP contribution in [0.5, 0.6) is 0 Å². The maximum absolute atomic E-state index is 3.75. The van der Waals surface area contributed by atoms with Gasteiger partial charge >= 0.3 is 0 Å². The van der Waals surface area contributed by atoms with E-state index in [9.17, 15) is 0 Å². The highest BCUT2D eigenvalue weighted by molar-refractivity contribution is 4.90. The first-order valence-corrected chi connectivity index (χ1v) is 7.56. The Morgan fingerprint density at radius 2 is 1.75 bits per heavy atom. The van der Waals surface area contributed by atoms with Crippen LogP contribution in [-0.4, -0.2) is 12.6 Å². The van der Waals surface area contributed by atoms with E-state index < -0.39 is 0 Å². The van der Waals surface area contributed by atoms with Gasteiger partial charge in [0.25, 0.3) is 0 Å². The molecule has 2 aliphatic carbocycles. The Labute approximate surface area is 101 Å². The molecular weight excluding hydrogens is 194 g/mol. The van der Waals surface area contributed by atoms with Crippen molar-refractivity contribution in [2.45, 2.75) is 71.3 Å². The second-order valence-corrected chi connectivity index (χ2v) is 6.06. The predicted molar refractivity (Wildman–Crippen MR) is 70.5 cm³/mol. The van der Waals surface area contributed by atoms with Crippen LogP contribution in [0, 0.1) is 17.8 Å². The zero-order chi connectivity index (χ0) is 11.4. The van der Waals surface area contributed by atoms with E-state index in [1.54, 1.807) is 0 Å². The van der Waals surface area contributed by atoms with Crippen molar-refractivity contribution in [2.24, 2.45) is 17.8 Å². The fourth-order valence-electron chi connectivity index (χ4n) is 4.04. The second-order valence-electron chi connectivity index (χ2n) is 6.06. The molecule has 0 aliphatic heterocycles. The van der Waals surface area contributed by atoms with Crippen LogP contribution in [0.25, 0.3) is 0 Å². The van der Waals surface area contributed by atoms with Crippen molar-refractivity contribution >= 4 is 0 Å². The van der Waals surface area contributed by atoms with Gasteiger partial charge in [-0.25, -0.2) is 0 Å². The summed E-state index contributed by atoms with van der Waals surface area (Å²) in [6, 6.07) is 0.826. The molecule has 1 nitrogen and oxygen atoms in total. The van der Waals surface area contributed by atoms with Crippen LogP contribution in [0.3, 0.4) is 0 Å². The Hall–Kier alpha value is -0.0400. The standard InChI is InChI=1S/C15H29N/c1-3-11-16-15-10-9-14(12(15)2)13-7-5-4-6-8-13/h12-16H,3-11H2,1-2H3. The van der Waals surface area contributed by atoms with Gasteiger partial charge in [-0.15, -0.1) is 0 Å². The summed E-state index contributed by atoms with van der Waals surface area (Å²) in [5.74, 6) is 3.03. The summed E-state index contributed by atoms with van der Waals surface area (Å²) in [5, 5.41) is 3.75. The molecule has 0 radical (unpaired) electrons. The Balaban J connectivity index is 1.82. The van der Waals surface area contributed by atoms with E-state index >= 15 is 0 Å². The molecule has 2 fully saturated rings. The lowest BCUT2D eigenvalue weighted by atomic mass is 9.75. The van der Waals surface area contributed by atoms with E-state index in [-0.39, 0.29) is 0 Å². The maximum atomic E-state index is 3.75. The lowest BCUT2D eigenvalue weighted by Gasteiger charge is -2.31. The largest absolute Gasteiger partial charge is 0.314 e. The van der Waals surface area contributed by atoms with Crippen LogP contribution < -0.4 is 5.32 Å². The quantitative estimate of drug-likeness (QED) is 0.760. The average molecular weight is 223 g/mol. The van der Waals surface area contributed by atoms with E-state index in [0.717, 1.165) is 23.8 Å². The zero-order valence-electron chi connectivity index (χ0n) is 11.2. The van der Waals surface area contributed by atoms with Crippen molar-refractivity contribution in [3.05, 3.63) is 0 Å². The molecule has 16 heavy (non-hydrogen) atoms. The summed E-state index contributed by atoms with van der Waals surface area (Å²) in [5.41, 5.74) is 0. The molecule has 0 amide bonds. The molecule has 3 unspecified atom stereocenters. The van der Waals surface area contributed by atoms with Crippen molar-refractivity contribution in [3.63, 3.8) is 0 Å². The minimum absolute atomic E-state index is 0.826. The highest BCUT2D eigenvalue weighted by atomic mass is 14.9. The van der Waals surface area contributed by atoms with Gasteiger partial charge in [-0.3, -0.25) is 0 Å². The lowest BCUT2D eigenvalue weighted by Crippen LogP contribution is -2.34. The predicted octanol–water partition coefficient (Wildman–Crippen LogP) is 3.98. The van der Waals surface area contributed by atoms with Crippen LogP contribution in [0.2, 0.25) is 0 Å². The molecule has 0 heterocycles. The number of rotatable bonds is 4. The molecule has 0 saturated heterocycles. The van der Waals surface area contributed by atoms with Crippen LogP contribution in [0.1, 0.15) is 65.2 Å². The highest BCUT2D eigenvalue weighted by Crippen LogP contribution is 2.42. The van der Waals surface area contributed by atoms with Crippen molar-refractivity contribution < 1.29 is 0 Å². The van der Waals surface area contributed by atoms with Crippen LogP contribution >= 0.6 is 0 Å². The van der Waals surface area contributed by atoms with Gasteiger partial charge < -0.3 is 5.32 Å². The van der Waals surface area contributed by atoms with Crippen LogP contribution in [0.4, 0.5) is 0 Å². The van der Waals surface area contributed by atoms with Gasteiger partial charge in [-0.05, 0) is 43.6 Å². The summed E-state index contributed by atoms with van der Waals surface area (Å²) in [6.07, 6.45) is 11.7. The minimum atomic E-state index is 0.826. The average Bonchev–Trinajstić information content (AvgIpc) is 2.69. The smallest absolute Gasteiger partial charge is 0.00955 e. The van der Waals surface area contributed by atoms with Gasteiger partial charge in [-0.1, -0.05) is 46.0 Å². The Morgan fingerprint density at radius 1 is 1.00 bits per heavy atom. The second kappa shape index (κ2) is 6.05. The molecule has 0 aromatic rings. The first kappa shape index (κ1) is 12.4. The monoisotopic (exact) mass is 223 g/mol. The molecule has 1 heteroatoms. The third kappa shape index (κ3) is 2.80. The molecule has 0 bridgehead atoms.